The Morgan fingerprint density at radius 2 is 2.00 bits per heavy atom. The summed E-state index contributed by atoms with van der Waals surface area (Å²) in [6.07, 6.45) is 0.0668. The number of esters is 1. The van der Waals surface area contributed by atoms with Gasteiger partial charge in [-0.25, -0.2) is 4.79 Å². The molecule has 0 radical (unpaired) electrons. The summed E-state index contributed by atoms with van der Waals surface area (Å²) in [7, 11) is 0. The number of ether oxygens (including phenoxy) is 1. The topological polar surface area (TPSA) is 83.0 Å². The lowest BCUT2D eigenvalue weighted by atomic mass is 10.0. The van der Waals surface area contributed by atoms with E-state index in [4.69, 9.17) is 5.73 Å². The minimum Gasteiger partial charge on any atom is -0.463 e. The van der Waals surface area contributed by atoms with Crippen LogP contribution >= 0.6 is 0 Å². The molecule has 0 bridgehead atoms. The third-order valence-corrected chi connectivity index (χ3v) is 2.90. The van der Waals surface area contributed by atoms with Crippen LogP contribution in [0, 0.1) is 0 Å². The molecule has 9 heteroatoms. The van der Waals surface area contributed by atoms with Gasteiger partial charge in [-0.1, -0.05) is 0 Å². The summed E-state index contributed by atoms with van der Waals surface area (Å²) in [4.78, 5) is 11.3. The lowest BCUT2D eigenvalue weighted by Crippen LogP contribution is -2.11. The maximum atomic E-state index is 13.1. The van der Waals surface area contributed by atoms with Crippen molar-refractivity contribution in [1.29, 1.82) is 0 Å². The molecule has 122 valence electrons. The molecule has 0 saturated carbocycles. The molecule has 2 aromatic rings. The standard InChI is InChI=1S/C14H13F3N4O2/c1-2-23-12(22)4-3-9-5-10(21-7-19-20-8-21)6-11(13(9)18)14(15,16)17/h3-8H,2,18H2,1H3. The molecular weight excluding hydrogens is 313 g/mol. The number of rotatable bonds is 4. The molecular formula is C14H13F3N4O2. The van der Waals surface area contributed by atoms with Crippen molar-refractivity contribution in [2.45, 2.75) is 13.1 Å². The summed E-state index contributed by atoms with van der Waals surface area (Å²) in [5.74, 6) is -0.671. The number of alkyl halides is 3. The van der Waals surface area contributed by atoms with Gasteiger partial charge in [-0.3, -0.25) is 4.57 Å². The number of halogens is 3. The second-order valence-corrected chi connectivity index (χ2v) is 4.45. The van der Waals surface area contributed by atoms with Crippen molar-refractivity contribution in [3.05, 3.63) is 42.0 Å². The number of hydrogen-bond donors (Lipinski definition) is 1. The SMILES string of the molecule is CCOC(=O)C=Cc1cc(-n2cnnc2)cc(C(F)(F)F)c1N. The number of nitrogens with two attached hydrogens (primary N) is 1. The van der Waals surface area contributed by atoms with E-state index < -0.39 is 23.4 Å². The molecule has 2 N–H and O–H groups in total. The van der Waals surface area contributed by atoms with E-state index in [2.05, 4.69) is 14.9 Å². The van der Waals surface area contributed by atoms with Crippen LogP contribution in [-0.4, -0.2) is 27.3 Å². The van der Waals surface area contributed by atoms with E-state index in [0.29, 0.717) is 0 Å². The quantitative estimate of drug-likeness (QED) is 0.530. The van der Waals surface area contributed by atoms with Gasteiger partial charge in [0.2, 0.25) is 0 Å². The van der Waals surface area contributed by atoms with Crippen LogP contribution in [-0.2, 0) is 15.7 Å². The van der Waals surface area contributed by atoms with Crippen molar-refractivity contribution in [2.75, 3.05) is 12.3 Å². The van der Waals surface area contributed by atoms with Crippen molar-refractivity contribution >= 4 is 17.7 Å². The lowest BCUT2D eigenvalue weighted by Gasteiger charge is -2.14. The molecule has 0 aliphatic heterocycles. The van der Waals surface area contributed by atoms with Gasteiger partial charge in [0.05, 0.1) is 17.9 Å². The molecule has 0 aliphatic carbocycles. The van der Waals surface area contributed by atoms with E-state index in [9.17, 15) is 18.0 Å². The predicted molar refractivity (Wildman–Crippen MR) is 76.4 cm³/mol. The molecule has 0 unspecified atom stereocenters. The highest BCUT2D eigenvalue weighted by Gasteiger charge is 2.34. The molecule has 6 nitrogen and oxygen atoms in total. The van der Waals surface area contributed by atoms with Gasteiger partial charge >= 0.3 is 12.1 Å². The number of carbonyl (C=O) groups excluding carboxylic acids is 1. The van der Waals surface area contributed by atoms with Gasteiger partial charge in [0, 0.05) is 17.3 Å². The van der Waals surface area contributed by atoms with Crippen LogP contribution in [0.3, 0.4) is 0 Å². The second kappa shape index (κ2) is 6.51. The second-order valence-electron chi connectivity index (χ2n) is 4.45. The average molecular weight is 326 g/mol. The highest BCUT2D eigenvalue weighted by atomic mass is 19.4. The molecule has 23 heavy (non-hydrogen) atoms. The minimum atomic E-state index is -4.64. The fourth-order valence-corrected chi connectivity index (χ4v) is 1.86. The van der Waals surface area contributed by atoms with E-state index in [1.54, 1.807) is 6.92 Å². The highest BCUT2D eigenvalue weighted by molar-refractivity contribution is 5.88. The Morgan fingerprint density at radius 1 is 1.35 bits per heavy atom. The molecule has 0 saturated heterocycles. The molecule has 1 aromatic carbocycles. The summed E-state index contributed by atoms with van der Waals surface area (Å²) < 4.78 is 45.4. The zero-order chi connectivity index (χ0) is 17.0. The minimum absolute atomic E-state index is 0.0385. The molecule has 2 rings (SSSR count). The van der Waals surface area contributed by atoms with Crippen LogP contribution in [0.2, 0.25) is 0 Å². The maximum Gasteiger partial charge on any atom is 0.418 e. The first-order valence-electron chi connectivity index (χ1n) is 6.53. The normalized spacial score (nSPS) is 11.8. The van der Waals surface area contributed by atoms with E-state index in [1.807, 2.05) is 0 Å². The van der Waals surface area contributed by atoms with Gasteiger partial charge < -0.3 is 10.5 Å². The first kappa shape index (κ1) is 16.5. The summed E-state index contributed by atoms with van der Waals surface area (Å²) in [5, 5.41) is 7.10. The van der Waals surface area contributed by atoms with Crippen molar-refractivity contribution in [1.82, 2.24) is 14.8 Å². The number of anilines is 1. The van der Waals surface area contributed by atoms with E-state index >= 15 is 0 Å². The zero-order valence-electron chi connectivity index (χ0n) is 12.0. The molecule has 1 heterocycles. The molecule has 0 amide bonds. The molecule has 1 aromatic heterocycles. The smallest absolute Gasteiger partial charge is 0.418 e. The Hall–Kier alpha value is -2.84. The fourth-order valence-electron chi connectivity index (χ4n) is 1.86. The fraction of sp³-hybridized carbons (Fsp3) is 0.214. The van der Waals surface area contributed by atoms with Gasteiger partial charge in [-0.2, -0.15) is 13.2 Å². The number of nitrogens with zero attached hydrogens (tertiary/aromatic N) is 3. The van der Waals surface area contributed by atoms with E-state index in [0.717, 1.165) is 12.1 Å². The lowest BCUT2D eigenvalue weighted by molar-refractivity contribution is -0.137. The van der Waals surface area contributed by atoms with Crippen molar-refractivity contribution in [3.8, 4) is 5.69 Å². The summed E-state index contributed by atoms with van der Waals surface area (Å²) in [6.45, 7) is 1.78. The highest BCUT2D eigenvalue weighted by Crippen LogP contribution is 2.37. The van der Waals surface area contributed by atoms with E-state index in [1.165, 1.54) is 29.4 Å². The number of aromatic nitrogens is 3. The Labute approximate surface area is 129 Å². The van der Waals surface area contributed by atoms with Gasteiger partial charge in [0.15, 0.2) is 0 Å². The third-order valence-electron chi connectivity index (χ3n) is 2.90. The molecule has 0 spiro atoms. The maximum absolute atomic E-state index is 13.1. The van der Waals surface area contributed by atoms with Crippen LogP contribution in [0.25, 0.3) is 11.8 Å². The van der Waals surface area contributed by atoms with Crippen LogP contribution in [0.15, 0.2) is 30.9 Å². The number of carbonyl (C=O) groups is 1. The van der Waals surface area contributed by atoms with Crippen molar-refractivity contribution < 1.29 is 22.7 Å². The Morgan fingerprint density at radius 3 is 2.57 bits per heavy atom. The monoisotopic (exact) mass is 326 g/mol. The number of hydrogen-bond acceptors (Lipinski definition) is 5. The molecule has 0 fully saturated rings. The van der Waals surface area contributed by atoms with Crippen LogP contribution in [0.1, 0.15) is 18.1 Å². The predicted octanol–water partition coefficient (Wildman–Crippen LogP) is 2.44. The Kier molecular flexibility index (Phi) is 4.68. The first-order valence-corrected chi connectivity index (χ1v) is 6.53. The van der Waals surface area contributed by atoms with Crippen molar-refractivity contribution in [3.63, 3.8) is 0 Å². The molecule has 0 aliphatic rings. The summed E-state index contributed by atoms with van der Waals surface area (Å²) >= 11 is 0. The number of nitrogen functional groups attached to an aromatic ring is 1. The molecule has 0 atom stereocenters. The largest absolute Gasteiger partial charge is 0.463 e. The average Bonchev–Trinajstić information content (AvgIpc) is 2.99. The summed E-state index contributed by atoms with van der Waals surface area (Å²) in [6, 6.07) is 2.28. The van der Waals surface area contributed by atoms with Crippen LogP contribution < -0.4 is 5.73 Å². The summed E-state index contributed by atoms with van der Waals surface area (Å²) in [5.41, 5.74) is 4.31. The third kappa shape index (κ3) is 3.87. The van der Waals surface area contributed by atoms with E-state index in [-0.39, 0.29) is 17.9 Å². The van der Waals surface area contributed by atoms with Gasteiger partial charge in [0.25, 0.3) is 0 Å². The van der Waals surface area contributed by atoms with Crippen molar-refractivity contribution in [2.24, 2.45) is 0 Å². The Bertz CT molecular complexity index is 724. The van der Waals surface area contributed by atoms with Crippen LogP contribution in [0.4, 0.5) is 18.9 Å². The van der Waals surface area contributed by atoms with Gasteiger partial charge in [0.1, 0.15) is 12.7 Å². The zero-order valence-corrected chi connectivity index (χ0v) is 12.0. The first-order chi connectivity index (χ1) is 10.8. The van der Waals surface area contributed by atoms with Gasteiger partial charge in [-0.05, 0) is 25.1 Å². The van der Waals surface area contributed by atoms with Crippen LogP contribution in [0.5, 0.6) is 0 Å². The van der Waals surface area contributed by atoms with Gasteiger partial charge in [-0.15, -0.1) is 10.2 Å². The number of benzene rings is 1. The Balaban J connectivity index is 2.52.